The summed E-state index contributed by atoms with van der Waals surface area (Å²) in [6.45, 7) is 0.787. The summed E-state index contributed by atoms with van der Waals surface area (Å²) in [5.74, 6) is 0. The van der Waals surface area contributed by atoms with Gasteiger partial charge in [0.15, 0.2) is 0 Å². The Morgan fingerprint density at radius 2 is 2.27 bits per heavy atom. The predicted octanol–water partition coefficient (Wildman–Crippen LogP) is 1.04. The lowest BCUT2D eigenvalue weighted by molar-refractivity contribution is 0.0522. The summed E-state index contributed by atoms with van der Waals surface area (Å²) >= 11 is 0. The predicted molar refractivity (Wildman–Crippen MR) is 57.6 cm³/mol. The Hall–Kier alpha value is -1.39. The average molecular weight is 206 g/mol. The normalized spacial score (nSPS) is 13.2. The third-order valence-corrected chi connectivity index (χ3v) is 2.29. The summed E-state index contributed by atoms with van der Waals surface area (Å²) in [7, 11) is 1.57. The summed E-state index contributed by atoms with van der Waals surface area (Å²) < 4.78 is 6.66. The summed E-state index contributed by atoms with van der Waals surface area (Å²) in [6.07, 6.45) is 1.28. The van der Waals surface area contributed by atoms with Gasteiger partial charge in [-0.2, -0.15) is 5.10 Å². The van der Waals surface area contributed by atoms with Gasteiger partial charge in [-0.05, 0) is 6.07 Å². The molecule has 1 N–H and O–H groups in total. The second-order valence-electron chi connectivity index (χ2n) is 3.49. The van der Waals surface area contributed by atoms with E-state index >= 15 is 0 Å². The summed E-state index contributed by atoms with van der Waals surface area (Å²) in [5, 5.41) is 14.9. The molecule has 0 fully saturated rings. The van der Waals surface area contributed by atoms with Crippen LogP contribution in [-0.2, 0) is 11.3 Å². The van der Waals surface area contributed by atoms with E-state index in [2.05, 4.69) is 5.10 Å². The molecule has 0 aliphatic heterocycles. The van der Waals surface area contributed by atoms with Crippen molar-refractivity contribution in [2.45, 2.75) is 12.6 Å². The Kier molecular flexibility index (Phi) is 2.99. The molecule has 1 atom stereocenters. The standard InChI is InChI=1S/C11H14N2O2/c1-15-8-10(14)7-13-11-5-3-2-4-9(11)6-12-13/h2-6,10,14H,7-8H2,1H3. The van der Waals surface area contributed by atoms with E-state index < -0.39 is 6.10 Å². The van der Waals surface area contributed by atoms with Crippen LogP contribution in [-0.4, -0.2) is 34.7 Å². The highest BCUT2D eigenvalue weighted by Crippen LogP contribution is 2.12. The Balaban J connectivity index is 2.21. The number of hydrogen-bond acceptors (Lipinski definition) is 3. The zero-order valence-corrected chi connectivity index (χ0v) is 8.63. The first-order valence-electron chi connectivity index (χ1n) is 4.89. The molecule has 0 saturated carbocycles. The van der Waals surface area contributed by atoms with Crippen molar-refractivity contribution in [1.82, 2.24) is 9.78 Å². The van der Waals surface area contributed by atoms with Gasteiger partial charge in [-0.15, -0.1) is 0 Å². The minimum atomic E-state index is -0.515. The van der Waals surface area contributed by atoms with Crippen LogP contribution in [0.4, 0.5) is 0 Å². The fourth-order valence-electron chi connectivity index (χ4n) is 1.62. The molecule has 0 aliphatic rings. The molecule has 0 spiro atoms. The van der Waals surface area contributed by atoms with Gasteiger partial charge in [0.05, 0.1) is 31.0 Å². The third-order valence-electron chi connectivity index (χ3n) is 2.29. The molecule has 0 bridgehead atoms. The van der Waals surface area contributed by atoms with E-state index in [1.807, 2.05) is 24.3 Å². The number of aliphatic hydroxyl groups is 1. The molecular formula is C11H14N2O2. The molecule has 4 nitrogen and oxygen atoms in total. The third kappa shape index (κ3) is 2.16. The Labute approximate surface area is 88.1 Å². The molecule has 1 aromatic heterocycles. The van der Waals surface area contributed by atoms with Gasteiger partial charge in [-0.25, -0.2) is 0 Å². The summed E-state index contributed by atoms with van der Waals surface area (Å²) in [6, 6.07) is 7.92. The van der Waals surface area contributed by atoms with Crippen molar-refractivity contribution in [3.63, 3.8) is 0 Å². The molecular weight excluding hydrogens is 192 g/mol. The van der Waals surface area contributed by atoms with Crippen molar-refractivity contribution in [3.05, 3.63) is 30.5 Å². The van der Waals surface area contributed by atoms with Crippen molar-refractivity contribution in [3.8, 4) is 0 Å². The molecule has 2 rings (SSSR count). The van der Waals surface area contributed by atoms with E-state index in [-0.39, 0.29) is 0 Å². The lowest BCUT2D eigenvalue weighted by atomic mass is 10.2. The number of fused-ring (bicyclic) bond motifs is 1. The number of aromatic nitrogens is 2. The van der Waals surface area contributed by atoms with Crippen molar-refractivity contribution < 1.29 is 9.84 Å². The van der Waals surface area contributed by atoms with Gasteiger partial charge in [-0.3, -0.25) is 4.68 Å². The van der Waals surface area contributed by atoms with Gasteiger partial charge in [0.1, 0.15) is 0 Å². The number of rotatable bonds is 4. The van der Waals surface area contributed by atoms with Gasteiger partial charge >= 0.3 is 0 Å². The van der Waals surface area contributed by atoms with Crippen LogP contribution in [0.2, 0.25) is 0 Å². The second-order valence-corrected chi connectivity index (χ2v) is 3.49. The van der Waals surface area contributed by atoms with Crippen LogP contribution in [0.15, 0.2) is 30.5 Å². The van der Waals surface area contributed by atoms with Crippen LogP contribution in [0.25, 0.3) is 10.9 Å². The van der Waals surface area contributed by atoms with E-state index in [9.17, 15) is 5.11 Å². The zero-order chi connectivity index (χ0) is 10.7. The number of benzene rings is 1. The average Bonchev–Trinajstić information content (AvgIpc) is 2.62. The van der Waals surface area contributed by atoms with E-state index in [4.69, 9.17) is 4.74 Å². The number of nitrogens with zero attached hydrogens (tertiary/aromatic N) is 2. The molecule has 0 radical (unpaired) electrons. The largest absolute Gasteiger partial charge is 0.389 e. The van der Waals surface area contributed by atoms with E-state index in [0.29, 0.717) is 13.2 Å². The highest BCUT2D eigenvalue weighted by atomic mass is 16.5. The monoisotopic (exact) mass is 206 g/mol. The number of ether oxygens (including phenoxy) is 1. The number of hydrogen-bond donors (Lipinski definition) is 1. The molecule has 1 heterocycles. The molecule has 2 aromatic rings. The molecule has 80 valence electrons. The smallest absolute Gasteiger partial charge is 0.0969 e. The number of aliphatic hydroxyl groups excluding tert-OH is 1. The Bertz CT molecular complexity index is 439. The number of para-hydroxylation sites is 1. The Morgan fingerprint density at radius 3 is 3.07 bits per heavy atom. The summed E-state index contributed by atoms with van der Waals surface area (Å²) in [5.41, 5.74) is 1.03. The SMILES string of the molecule is COCC(O)Cn1ncc2ccccc21. The zero-order valence-electron chi connectivity index (χ0n) is 8.63. The van der Waals surface area contributed by atoms with Gasteiger partial charge in [0.25, 0.3) is 0 Å². The van der Waals surface area contributed by atoms with Crippen LogP contribution < -0.4 is 0 Å². The van der Waals surface area contributed by atoms with E-state index in [0.717, 1.165) is 10.9 Å². The van der Waals surface area contributed by atoms with Gasteiger partial charge in [0.2, 0.25) is 0 Å². The molecule has 0 aliphatic carbocycles. The maximum Gasteiger partial charge on any atom is 0.0969 e. The highest BCUT2D eigenvalue weighted by molar-refractivity contribution is 5.78. The maximum atomic E-state index is 9.59. The fraction of sp³-hybridized carbons (Fsp3) is 0.364. The molecule has 4 heteroatoms. The van der Waals surface area contributed by atoms with Gasteiger partial charge < -0.3 is 9.84 Å². The van der Waals surface area contributed by atoms with Crippen LogP contribution in [0.3, 0.4) is 0 Å². The van der Waals surface area contributed by atoms with Crippen molar-refractivity contribution in [1.29, 1.82) is 0 Å². The first-order chi connectivity index (χ1) is 7.31. The van der Waals surface area contributed by atoms with Crippen LogP contribution >= 0.6 is 0 Å². The minimum absolute atomic E-state index is 0.328. The van der Waals surface area contributed by atoms with Crippen molar-refractivity contribution in [2.24, 2.45) is 0 Å². The molecule has 15 heavy (non-hydrogen) atoms. The molecule has 0 saturated heterocycles. The topological polar surface area (TPSA) is 47.3 Å². The van der Waals surface area contributed by atoms with Crippen LogP contribution in [0.1, 0.15) is 0 Å². The lowest BCUT2D eigenvalue weighted by Gasteiger charge is -2.09. The first-order valence-corrected chi connectivity index (χ1v) is 4.89. The van der Waals surface area contributed by atoms with E-state index in [1.165, 1.54) is 0 Å². The van der Waals surface area contributed by atoms with Gasteiger partial charge in [0, 0.05) is 12.5 Å². The maximum absolute atomic E-state index is 9.59. The second kappa shape index (κ2) is 4.42. The quantitative estimate of drug-likeness (QED) is 0.813. The lowest BCUT2D eigenvalue weighted by Crippen LogP contribution is -2.21. The van der Waals surface area contributed by atoms with Crippen molar-refractivity contribution in [2.75, 3.05) is 13.7 Å². The number of methoxy groups -OCH3 is 1. The van der Waals surface area contributed by atoms with Crippen LogP contribution in [0.5, 0.6) is 0 Å². The van der Waals surface area contributed by atoms with Crippen LogP contribution in [0, 0.1) is 0 Å². The molecule has 1 aromatic carbocycles. The Morgan fingerprint density at radius 1 is 1.47 bits per heavy atom. The minimum Gasteiger partial charge on any atom is -0.389 e. The molecule has 1 unspecified atom stereocenters. The highest BCUT2D eigenvalue weighted by Gasteiger charge is 2.07. The van der Waals surface area contributed by atoms with Crippen molar-refractivity contribution >= 4 is 10.9 Å². The fourth-order valence-corrected chi connectivity index (χ4v) is 1.62. The van der Waals surface area contributed by atoms with Gasteiger partial charge in [-0.1, -0.05) is 18.2 Å². The summed E-state index contributed by atoms with van der Waals surface area (Å²) in [4.78, 5) is 0. The molecule has 0 amide bonds. The first kappa shape index (κ1) is 10.1. The van der Waals surface area contributed by atoms with E-state index in [1.54, 1.807) is 18.0 Å².